The van der Waals surface area contributed by atoms with Crippen molar-refractivity contribution in [2.75, 3.05) is 17.7 Å². The molecule has 0 radical (unpaired) electrons. The van der Waals surface area contributed by atoms with Crippen LogP contribution in [0.2, 0.25) is 0 Å². The first-order chi connectivity index (χ1) is 8.27. The van der Waals surface area contributed by atoms with Gasteiger partial charge in [0, 0.05) is 13.1 Å². The number of nitrogens with zero attached hydrogens (tertiary/aromatic N) is 1. The molecule has 18 heavy (non-hydrogen) atoms. The van der Waals surface area contributed by atoms with Gasteiger partial charge in [0.1, 0.15) is 11.4 Å². The molecule has 5 heteroatoms. The topological polar surface area (TPSA) is 67.2 Å². The van der Waals surface area contributed by atoms with E-state index in [1.807, 2.05) is 6.92 Å². The molecule has 1 atom stereocenters. The maximum atomic E-state index is 11.2. The van der Waals surface area contributed by atoms with Gasteiger partial charge in [-0.05, 0) is 24.5 Å². The van der Waals surface area contributed by atoms with E-state index < -0.39 is 0 Å². The molecule has 0 bridgehead atoms. The fraction of sp³-hybridized carbons (Fsp3) is 0.538. The van der Waals surface area contributed by atoms with Crippen LogP contribution >= 0.6 is 0 Å². The summed E-state index contributed by atoms with van der Waals surface area (Å²) in [6.45, 7) is 8.31. The van der Waals surface area contributed by atoms with Crippen LogP contribution in [-0.4, -0.2) is 18.0 Å². The lowest BCUT2D eigenvalue weighted by atomic mass is 9.88. The number of nitro benzene ring substituents is 1. The van der Waals surface area contributed by atoms with Gasteiger partial charge in [0.15, 0.2) is 0 Å². The Morgan fingerprint density at radius 1 is 1.28 bits per heavy atom. The van der Waals surface area contributed by atoms with Crippen LogP contribution in [0.1, 0.15) is 27.7 Å². The Kier molecular flexibility index (Phi) is 4.16. The van der Waals surface area contributed by atoms with E-state index in [9.17, 15) is 10.1 Å². The highest BCUT2D eigenvalue weighted by molar-refractivity contribution is 5.76. The summed E-state index contributed by atoms with van der Waals surface area (Å²) in [5.41, 5.74) is 1.19. The molecule has 1 unspecified atom stereocenters. The van der Waals surface area contributed by atoms with Crippen LogP contribution in [0.3, 0.4) is 0 Å². The van der Waals surface area contributed by atoms with E-state index in [0.717, 1.165) is 0 Å². The molecule has 0 fully saturated rings. The van der Waals surface area contributed by atoms with E-state index in [4.69, 9.17) is 0 Å². The molecule has 1 aromatic carbocycles. The summed E-state index contributed by atoms with van der Waals surface area (Å²) in [5, 5.41) is 17.2. The predicted octanol–water partition coefficient (Wildman–Crippen LogP) is 3.48. The maximum Gasteiger partial charge on any atom is 0.315 e. The van der Waals surface area contributed by atoms with Crippen LogP contribution in [0.5, 0.6) is 0 Å². The van der Waals surface area contributed by atoms with Gasteiger partial charge in [-0.25, -0.2) is 0 Å². The number of benzene rings is 1. The molecule has 0 aliphatic carbocycles. The average molecular weight is 251 g/mol. The first-order valence-electron chi connectivity index (χ1n) is 5.99. The van der Waals surface area contributed by atoms with Gasteiger partial charge < -0.3 is 10.6 Å². The number of rotatable bonds is 4. The number of hydrogen-bond donors (Lipinski definition) is 2. The first kappa shape index (κ1) is 14.3. The molecule has 0 saturated carbocycles. The van der Waals surface area contributed by atoms with Crippen molar-refractivity contribution in [3.8, 4) is 0 Å². The molecule has 1 aromatic rings. The standard InChI is InChI=1S/C13H21N3O2/c1-9(13(2,3)4)15-11-8-6-7-10(14-5)12(11)16(17)18/h6-9,14-15H,1-5H3. The second-order valence-electron chi connectivity index (χ2n) is 5.44. The Balaban J connectivity index is 3.13. The highest BCUT2D eigenvalue weighted by atomic mass is 16.6. The van der Waals surface area contributed by atoms with Crippen molar-refractivity contribution in [3.63, 3.8) is 0 Å². The molecule has 0 amide bonds. The van der Waals surface area contributed by atoms with Crippen LogP contribution < -0.4 is 10.6 Å². The zero-order chi connectivity index (χ0) is 13.9. The Hall–Kier alpha value is -1.78. The molecule has 1 rings (SSSR count). The molecule has 0 spiro atoms. The fourth-order valence-corrected chi connectivity index (χ4v) is 1.51. The summed E-state index contributed by atoms with van der Waals surface area (Å²) in [6.07, 6.45) is 0. The smallest absolute Gasteiger partial charge is 0.315 e. The fourth-order valence-electron chi connectivity index (χ4n) is 1.51. The molecule has 0 aromatic heterocycles. The number of nitro groups is 1. The van der Waals surface area contributed by atoms with E-state index in [0.29, 0.717) is 11.4 Å². The molecule has 0 aliphatic rings. The van der Waals surface area contributed by atoms with Gasteiger partial charge in [-0.15, -0.1) is 0 Å². The third-order valence-electron chi connectivity index (χ3n) is 3.16. The molecule has 2 N–H and O–H groups in total. The van der Waals surface area contributed by atoms with Crippen LogP contribution in [0.4, 0.5) is 17.1 Å². The largest absolute Gasteiger partial charge is 0.382 e. The summed E-state index contributed by atoms with van der Waals surface area (Å²) < 4.78 is 0. The first-order valence-corrected chi connectivity index (χ1v) is 5.99. The van der Waals surface area contributed by atoms with Gasteiger partial charge in [0.05, 0.1) is 4.92 Å². The monoisotopic (exact) mass is 251 g/mol. The predicted molar refractivity (Wildman–Crippen MR) is 75.2 cm³/mol. The molecule has 100 valence electrons. The SMILES string of the molecule is CNc1cccc(NC(C)C(C)(C)C)c1[N+](=O)[O-]. The van der Waals surface area contributed by atoms with Crippen molar-refractivity contribution in [3.05, 3.63) is 28.3 Å². The van der Waals surface area contributed by atoms with Gasteiger partial charge in [-0.2, -0.15) is 0 Å². The average Bonchev–Trinajstić information content (AvgIpc) is 2.26. The highest BCUT2D eigenvalue weighted by Crippen LogP contribution is 2.34. The van der Waals surface area contributed by atoms with Crippen LogP contribution in [-0.2, 0) is 0 Å². The molecule has 0 aliphatic heterocycles. The van der Waals surface area contributed by atoms with E-state index in [1.165, 1.54) is 0 Å². The van der Waals surface area contributed by atoms with E-state index >= 15 is 0 Å². The zero-order valence-electron chi connectivity index (χ0n) is 11.6. The van der Waals surface area contributed by atoms with Gasteiger partial charge in [0.2, 0.25) is 0 Å². The lowest BCUT2D eigenvalue weighted by Gasteiger charge is -2.29. The van der Waals surface area contributed by atoms with Crippen molar-refractivity contribution in [1.29, 1.82) is 0 Å². The van der Waals surface area contributed by atoms with Crippen LogP contribution in [0, 0.1) is 15.5 Å². The molecular weight excluding hydrogens is 230 g/mol. The van der Waals surface area contributed by atoms with Crippen molar-refractivity contribution < 1.29 is 4.92 Å². The maximum absolute atomic E-state index is 11.2. The Morgan fingerprint density at radius 2 is 1.83 bits per heavy atom. The van der Waals surface area contributed by atoms with Crippen molar-refractivity contribution >= 4 is 17.1 Å². The molecule has 5 nitrogen and oxygen atoms in total. The molecular formula is C13H21N3O2. The van der Waals surface area contributed by atoms with E-state index in [2.05, 4.69) is 31.4 Å². The lowest BCUT2D eigenvalue weighted by molar-refractivity contribution is -0.383. The minimum Gasteiger partial charge on any atom is -0.382 e. The number of nitrogens with one attached hydrogen (secondary N) is 2. The second kappa shape index (κ2) is 5.25. The summed E-state index contributed by atoms with van der Waals surface area (Å²) in [7, 11) is 1.68. The number of anilines is 2. The van der Waals surface area contributed by atoms with Crippen LogP contribution in [0.15, 0.2) is 18.2 Å². The van der Waals surface area contributed by atoms with Crippen molar-refractivity contribution in [2.45, 2.75) is 33.7 Å². The highest BCUT2D eigenvalue weighted by Gasteiger charge is 2.24. The van der Waals surface area contributed by atoms with Gasteiger partial charge in [0.25, 0.3) is 0 Å². The zero-order valence-corrected chi connectivity index (χ0v) is 11.6. The Bertz CT molecular complexity index is 438. The third kappa shape index (κ3) is 3.12. The Morgan fingerprint density at radius 3 is 2.28 bits per heavy atom. The van der Waals surface area contributed by atoms with Gasteiger partial charge in [-0.3, -0.25) is 10.1 Å². The van der Waals surface area contributed by atoms with Gasteiger partial charge >= 0.3 is 5.69 Å². The third-order valence-corrected chi connectivity index (χ3v) is 3.16. The Labute approximate surface area is 108 Å². The lowest BCUT2D eigenvalue weighted by Crippen LogP contribution is -2.31. The molecule has 0 heterocycles. The normalized spacial score (nSPS) is 12.9. The van der Waals surface area contributed by atoms with Crippen LogP contribution in [0.25, 0.3) is 0 Å². The number of hydrogen-bond acceptors (Lipinski definition) is 4. The second-order valence-corrected chi connectivity index (χ2v) is 5.44. The van der Waals surface area contributed by atoms with Crippen molar-refractivity contribution in [1.82, 2.24) is 0 Å². The molecule has 0 saturated heterocycles. The minimum atomic E-state index is -0.358. The number of para-hydroxylation sites is 1. The quantitative estimate of drug-likeness (QED) is 0.635. The van der Waals surface area contributed by atoms with Gasteiger partial charge in [-0.1, -0.05) is 26.8 Å². The summed E-state index contributed by atoms with van der Waals surface area (Å²) in [6, 6.07) is 5.37. The van der Waals surface area contributed by atoms with E-state index in [1.54, 1.807) is 25.2 Å². The summed E-state index contributed by atoms with van der Waals surface area (Å²) >= 11 is 0. The van der Waals surface area contributed by atoms with Crippen molar-refractivity contribution in [2.24, 2.45) is 5.41 Å². The minimum absolute atomic E-state index is 0.0313. The summed E-state index contributed by atoms with van der Waals surface area (Å²) in [5.74, 6) is 0. The summed E-state index contributed by atoms with van der Waals surface area (Å²) in [4.78, 5) is 10.8. The van der Waals surface area contributed by atoms with E-state index in [-0.39, 0.29) is 22.1 Å².